The number of carbonyl (C=O) groups excluding carboxylic acids is 1. The minimum atomic E-state index is 0.233. The Kier molecular flexibility index (Phi) is 4.52. The van der Waals surface area contributed by atoms with Crippen LogP contribution in [0.1, 0.15) is 42.6 Å². The van der Waals surface area contributed by atoms with E-state index in [9.17, 15) is 4.79 Å². The van der Waals surface area contributed by atoms with E-state index < -0.39 is 0 Å². The Balaban J connectivity index is 2.82. The Morgan fingerprint density at radius 1 is 1.47 bits per heavy atom. The summed E-state index contributed by atoms with van der Waals surface area (Å²) in [7, 11) is 0. The molecule has 1 rings (SSSR count). The Labute approximate surface area is 100 Å². The summed E-state index contributed by atoms with van der Waals surface area (Å²) in [6.07, 6.45) is 1.69. The molecule has 0 saturated heterocycles. The van der Waals surface area contributed by atoms with E-state index in [0.717, 1.165) is 16.5 Å². The zero-order valence-electron chi connectivity index (χ0n) is 9.51. The fourth-order valence-electron chi connectivity index (χ4n) is 1.42. The maximum Gasteiger partial charge on any atom is 0.164 e. The first kappa shape index (κ1) is 12.4. The van der Waals surface area contributed by atoms with Gasteiger partial charge in [0, 0.05) is 16.5 Å². The average molecular weight is 269 g/mol. The highest BCUT2D eigenvalue weighted by molar-refractivity contribution is 9.10. The number of ketones is 1. The highest BCUT2D eigenvalue weighted by Gasteiger charge is 2.12. The normalized spacial score (nSPS) is 12.5. The molecule has 0 amide bonds. The van der Waals surface area contributed by atoms with Gasteiger partial charge in [0.05, 0.1) is 0 Å². The highest BCUT2D eigenvalue weighted by atomic mass is 79.9. The number of carbonyl (C=O) groups is 1. The van der Waals surface area contributed by atoms with E-state index in [-0.39, 0.29) is 5.78 Å². The molecule has 1 unspecified atom stereocenters. The summed E-state index contributed by atoms with van der Waals surface area (Å²) in [5.74, 6) is 0.696. The second-order valence-electron chi connectivity index (χ2n) is 4.12. The van der Waals surface area contributed by atoms with Crippen LogP contribution in [0, 0.1) is 12.8 Å². The fourth-order valence-corrected chi connectivity index (χ4v) is 2.13. The van der Waals surface area contributed by atoms with Gasteiger partial charge in [0.1, 0.15) is 0 Å². The number of benzene rings is 1. The quantitative estimate of drug-likeness (QED) is 0.741. The number of rotatable bonds is 4. The molecule has 0 N–H and O–H groups in total. The molecule has 0 saturated carbocycles. The van der Waals surface area contributed by atoms with Gasteiger partial charge in [-0.3, -0.25) is 4.79 Å². The van der Waals surface area contributed by atoms with Gasteiger partial charge in [-0.05, 0) is 24.5 Å². The predicted molar refractivity (Wildman–Crippen MR) is 67.3 cm³/mol. The van der Waals surface area contributed by atoms with Crippen LogP contribution < -0.4 is 0 Å². The van der Waals surface area contributed by atoms with Gasteiger partial charge in [-0.15, -0.1) is 0 Å². The Bertz CT molecular complexity index is 358. The van der Waals surface area contributed by atoms with Gasteiger partial charge in [0.25, 0.3) is 0 Å². The molecule has 1 aromatic carbocycles. The number of hydrogen-bond acceptors (Lipinski definition) is 1. The molecule has 1 nitrogen and oxygen atoms in total. The molecule has 82 valence electrons. The van der Waals surface area contributed by atoms with Crippen molar-refractivity contribution >= 4 is 21.7 Å². The second kappa shape index (κ2) is 5.45. The topological polar surface area (TPSA) is 17.1 Å². The summed E-state index contributed by atoms with van der Waals surface area (Å²) < 4.78 is 0.913. The molecule has 15 heavy (non-hydrogen) atoms. The lowest BCUT2D eigenvalue weighted by Gasteiger charge is -2.08. The van der Waals surface area contributed by atoms with Crippen LogP contribution in [-0.4, -0.2) is 5.78 Å². The maximum atomic E-state index is 11.9. The largest absolute Gasteiger partial charge is 0.294 e. The minimum absolute atomic E-state index is 0.233. The summed E-state index contributed by atoms with van der Waals surface area (Å²) in [4.78, 5) is 11.9. The number of Topliss-reactive ketones (excluding diaryl/α,β-unsaturated/α-hetero) is 1. The van der Waals surface area contributed by atoms with Crippen molar-refractivity contribution in [3.8, 4) is 0 Å². The molecule has 0 bridgehead atoms. The van der Waals surface area contributed by atoms with Gasteiger partial charge in [-0.25, -0.2) is 0 Å². The Morgan fingerprint density at radius 2 is 2.13 bits per heavy atom. The standard InChI is InChI=1S/C13H17BrO/c1-4-9(2)8-13(15)11-6-5-10(3)7-12(11)14/h5-7,9H,4,8H2,1-3H3. The van der Waals surface area contributed by atoms with E-state index in [4.69, 9.17) is 0 Å². The third kappa shape index (κ3) is 3.45. The molecule has 0 spiro atoms. The molecule has 0 aliphatic heterocycles. The summed E-state index contributed by atoms with van der Waals surface area (Å²) in [5.41, 5.74) is 1.97. The Morgan fingerprint density at radius 3 is 2.67 bits per heavy atom. The van der Waals surface area contributed by atoms with Crippen LogP contribution in [0.2, 0.25) is 0 Å². The molecular weight excluding hydrogens is 252 g/mol. The molecular formula is C13H17BrO. The van der Waals surface area contributed by atoms with Gasteiger partial charge >= 0.3 is 0 Å². The van der Waals surface area contributed by atoms with Crippen molar-refractivity contribution in [1.82, 2.24) is 0 Å². The lowest BCUT2D eigenvalue weighted by Crippen LogP contribution is -2.06. The number of aryl methyl sites for hydroxylation is 1. The van der Waals surface area contributed by atoms with Crippen molar-refractivity contribution < 1.29 is 4.79 Å². The van der Waals surface area contributed by atoms with E-state index >= 15 is 0 Å². The zero-order chi connectivity index (χ0) is 11.4. The molecule has 0 aromatic heterocycles. The van der Waals surface area contributed by atoms with Crippen LogP contribution in [0.15, 0.2) is 22.7 Å². The van der Waals surface area contributed by atoms with Gasteiger partial charge < -0.3 is 0 Å². The third-order valence-electron chi connectivity index (χ3n) is 2.66. The molecule has 0 fully saturated rings. The summed E-state index contributed by atoms with van der Waals surface area (Å²) in [6.45, 7) is 6.25. The van der Waals surface area contributed by atoms with Crippen molar-refractivity contribution in [2.75, 3.05) is 0 Å². The first-order valence-corrected chi connectivity index (χ1v) is 6.13. The van der Waals surface area contributed by atoms with E-state index in [2.05, 4.69) is 29.8 Å². The first-order valence-electron chi connectivity index (χ1n) is 5.34. The van der Waals surface area contributed by atoms with Crippen molar-refractivity contribution in [3.05, 3.63) is 33.8 Å². The van der Waals surface area contributed by atoms with Crippen LogP contribution in [-0.2, 0) is 0 Å². The monoisotopic (exact) mass is 268 g/mol. The smallest absolute Gasteiger partial charge is 0.164 e. The second-order valence-corrected chi connectivity index (χ2v) is 4.98. The lowest BCUT2D eigenvalue weighted by molar-refractivity contribution is 0.0963. The van der Waals surface area contributed by atoms with Crippen molar-refractivity contribution in [2.45, 2.75) is 33.6 Å². The molecule has 1 aromatic rings. The van der Waals surface area contributed by atoms with Gasteiger partial charge in [-0.1, -0.05) is 48.3 Å². The van der Waals surface area contributed by atoms with Gasteiger partial charge in [-0.2, -0.15) is 0 Å². The molecule has 0 aliphatic rings. The summed E-state index contributed by atoms with van der Waals surface area (Å²) in [5, 5.41) is 0. The van der Waals surface area contributed by atoms with Crippen LogP contribution in [0.25, 0.3) is 0 Å². The third-order valence-corrected chi connectivity index (χ3v) is 3.31. The van der Waals surface area contributed by atoms with Crippen molar-refractivity contribution in [2.24, 2.45) is 5.92 Å². The molecule has 0 heterocycles. The summed E-state index contributed by atoms with van der Waals surface area (Å²) in [6, 6.07) is 5.88. The number of hydrogen-bond donors (Lipinski definition) is 0. The summed E-state index contributed by atoms with van der Waals surface area (Å²) >= 11 is 3.44. The van der Waals surface area contributed by atoms with E-state index in [0.29, 0.717) is 12.3 Å². The van der Waals surface area contributed by atoms with Crippen molar-refractivity contribution in [3.63, 3.8) is 0 Å². The van der Waals surface area contributed by atoms with Crippen LogP contribution in [0.5, 0.6) is 0 Å². The first-order chi connectivity index (χ1) is 7.04. The van der Waals surface area contributed by atoms with E-state index in [1.165, 1.54) is 5.56 Å². The van der Waals surface area contributed by atoms with Crippen LogP contribution in [0.3, 0.4) is 0 Å². The predicted octanol–water partition coefficient (Wildman–Crippen LogP) is 4.38. The number of halogens is 1. The van der Waals surface area contributed by atoms with E-state index in [1.807, 2.05) is 25.1 Å². The van der Waals surface area contributed by atoms with Gasteiger partial charge in [0.15, 0.2) is 5.78 Å². The fraction of sp³-hybridized carbons (Fsp3) is 0.462. The molecule has 0 aliphatic carbocycles. The average Bonchev–Trinajstić information content (AvgIpc) is 2.17. The highest BCUT2D eigenvalue weighted by Crippen LogP contribution is 2.21. The van der Waals surface area contributed by atoms with Crippen molar-refractivity contribution in [1.29, 1.82) is 0 Å². The minimum Gasteiger partial charge on any atom is -0.294 e. The lowest BCUT2D eigenvalue weighted by atomic mass is 9.97. The van der Waals surface area contributed by atoms with Gasteiger partial charge in [0.2, 0.25) is 0 Å². The molecule has 2 heteroatoms. The maximum absolute atomic E-state index is 11.9. The molecule has 0 radical (unpaired) electrons. The van der Waals surface area contributed by atoms with Crippen LogP contribution >= 0.6 is 15.9 Å². The SMILES string of the molecule is CCC(C)CC(=O)c1ccc(C)cc1Br. The Hall–Kier alpha value is -0.630. The van der Waals surface area contributed by atoms with Crippen LogP contribution in [0.4, 0.5) is 0 Å². The van der Waals surface area contributed by atoms with E-state index in [1.54, 1.807) is 0 Å². The zero-order valence-corrected chi connectivity index (χ0v) is 11.1. The molecule has 1 atom stereocenters.